The van der Waals surface area contributed by atoms with Crippen molar-refractivity contribution in [2.24, 2.45) is 11.8 Å². The van der Waals surface area contributed by atoms with E-state index in [1.165, 1.54) is 10.6 Å². The van der Waals surface area contributed by atoms with Crippen LogP contribution < -0.4 is 5.32 Å². The predicted octanol–water partition coefficient (Wildman–Crippen LogP) is 0.401. The molecule has 18 heavy (non-hydrogen) atoms. The molecule has 2 rings (SSSR count). The first-order valence-electron chi connectivity index (χ1n) is 6.02. The highest BCUT2D eigenvalue weighted by Crippen LogP contribution is 2.46. The topological polar surface area (TPSA) is 75.7 Å². The standard InChI is InChI=1S/C11H20N2O4S/c1-11(2,3)17-10(14)12-9-7-5-13(6-8(7)9)18(4,15)16/h7-9H,5-6H2,1-4H3,(H,12,14)/t7-,8+,9?. The molecule has 2 fully saturated rings. The summed E-state index contributed by atoms with van der Waals surface area (Å²) in [6, 6.07) is 0.0675. The summed E-state index contributed by atoms with van der Waals surface area (Å²) in [5.41, 5.74) is -0.507. The van der Waals surface area contributed by atoms with Crippen LogP contribution in [0.2, 0.25) is 0 Å². The van der Waals surface area contributed by atoms with Gasteiger partial charge in [0.15, 0.2) is 0 Å². The van der Waals surface area contributed by atoms with Gasteiger partial charge < -0.3 is 10.1 Å². The highest BCUT2D eigenvalue weighted by atomic mass is 32.2. The van der Waals surface area contributed by atoms with E-state index in [1.54, 1.807) is 0 Å². The van der Waals surface area contributed by atoms with Crippen molar-refractivity contribution in [1.82, 2.24) is 9.62 Å². The predicted molar refractivity (Wildman–Crippen MR) is 66.6 cm³/mol. The van der Waals surface area contributed by atoms with E-state index in [1.807, 2.05) is 20.8 Å². The van der Waals surface area contributed by atoms with Crippen LogP contribution in [0.5, 0.6) is 0 Å². The molecule has 1 amide bonds. The van der Waals surface area contributed by atoms with Gasteiger partial charge in [0.25, 0.3) is 0 Å². The van der Waals surface area contributed by atoms with Crippen LogP contribution in [0.25, 0.3) is 0 Å². The molecule has 3 atom stereocenters. The SMILES string of the molecule is CC(C)(C)OC(=O)NC1[C@H]2CN(S(C)(=O)=O)C[C@@H]12. The Morgan fingerprint density at radius 1 is 1.28 bits per heavy atom. The summed E-state index contributed by atoms with van der Waals surface area (Å²) in [5.74, 6) is 0.486. The fourth-order valence-electron chi connectivity index (χ4n) is 2.42. The van der Waals surface area contributed by atoms with Gasteiger partial charge in [-0.3, -0.25) is 0 Å². The van der Waals surface area contributed by atoms with Gasteiger partial charge in [0, 0.05) is 19.1 Å². The molecule has 1 unspecified atom stereocenters. The minimum atomic E-state index is -3.10. The lowest BCUT2D eigenvalue weighted by atomic mass is 10.2. The number of amides is 1. The molecule has 0 aromatic carbocycles. The van der Waals surface area contributed by atoms with E-state index in [9.17, 15) is 13.2 Å². The first-order chi connectivity index (χ1) is 8.08. The molecule has 1 saturated heterocycles. The largest absolute Gasteiger partial charge is 0.444 e. The molecule has 1 N–H and O–H groups in total. The average Bonchev–Trinajstić information content (AvgIpc) is 2.59. The molecule has 0 bridgehead atoms. The van der Waals surface area contributed by atoms with Gasteiger partial charge in [-0.05, 0) is 32.6 Å². The second-order valence-corrected chi connectivity index (χ2v) is 8.06. The van der Waals surface area contributed by atoms with Crippen LogP contribution in [-0.4, -0.2) is 49.8 Å². The quantitative estimate of drug-likeness (QED) is 0.792. The molecule has 0 aromatic heterocycles. The van der Waals surface area contributed by atoms with E-state index in [-0.39, 0.29) is 17.9 Å². The molecule has 1 heterocycles. The Hall–Kier alpha value is -0.820. The molecule has 6 nitrogen and oxygen atoms in total. The van der Waals surface area contributed by atoms with Crippen molar-refractivity contribution in [1.29, 1.82) is 0 Å². The van der Waals surface area contributed by atoms with E-state index in [0.717, 1.165) is 0 Å². The Bertz CT molecular complexity index is 442. The summed E-state index contributed by atoms with van der Waals surface area (Å²) in [6.45, 7) is 6.44. The van der Waals surface area contributed by atoms with Crippen molar-refractivity contribution in [3.63, 3.8) is 0 Å². The van der Waals surface area contributed by atoms with E-state index in [4.69, 9.17) is 4.74 Å². The Morgan fingerprint density at radius 3 is 2.17 bits per heavy atom. The number of carbonyl (C=O) groups excluding carboxylic acids is 1. The highest BCUT2D eigenvalue weighted by molar-refractivity contribution is 7.88. The molecule has 1 aliphatic carbocycles. The van der Waals surface area contributed by atoms with Crippen molar-refractivity contribution in [2.75, 3.05) is 19.3 Å². The van der Waals surface area contributed by atoms with Crippen molar-refractivity contribution in [3.05, 3.63) is 0 Å². The van der Waals surface area contributed by atoms with Gasteiger partial charge in [-0.15, -0.1) is 0 Å². The van der Waals surface area contributed by atoms with E-state index in [0.29, 0.717) is 13.1 Å². The number of sulfonamides is 1. The minimum Gasteiger partial charge on any atom is -0.444 e. The fourth-order valence-corrected chi connectivity index (χ4v) is 3.30. The van der Waals surface area contributed by atoms with Crippen molar-refractivity contribution in [3.8, 4) is 0 Å². The minimum absolute atomic E-state index is 0.0675. The number of ether oxygens (including phenoxy) is 1. The van der Waals surface area contributed by atoms with E-state index >= 15 is 0 Å². The number of alkyl carbamates (subject to hydrolysis) is 1. The molecule has 0 aromatic rings. The number of hydrogen-bond donors (Lipinski definition) is 1. The lowest BCUT2D eigenvalue weighted by Gasteiger charge is -2.21. The molecule has 104 valence electrons. The number of hydrogen-bond acceptors (Lipinski definition) is 4. The van der Waals surface area contributed by atoms with Gasteiger partial charge in [-0.25, -0.2) is 17.5 Å². The van der Waals surface area contributed by atoms with Crippen LogP contribution in [0.4, 0.5) is 4.79 Å². The maximum Gasteiger partial charge on any atom is 0.407 e. The summed E-state index contributed by atoms with van der Waals surface area (Å²) < 4.78 is 29.3. The molecular weight excluding hydrogens is 256 g/mol. The lowest BCUT2D eigenvalue weighted by Crippen LogP contribution is -2.39. The van der Waals surface area contributed by atoms with Crippen LogP contribution in [0, 0.1) is 11.8 Å². The first kappa shape index (κ1) is 13.6. The van der Waals surface area contributed by atoms with E-state index < -0.39 is 21.7 Å². The number of nitrogens with one attached hydrogen (secondary N) is 1. The summed E-state index contributed by atoms with van der Waals surface area (Å²) in [6.07, 6.45) is 0.793. The third kappa shape index (κ3) is 2.95. The normalized spacial score (nSPS) is 31.9. The Morgan fingerprint density at radius 2 is 1.78 bits per heavy atom. The van der Waals surface area contributed by atoms with Gasteiger partial charge in [0.1, 0.15) is 5.60 Å². The number of fused-ring (bicyclic) bond motifs is 1. The average molecular weight is 276 g/mol. The third-order valence-corrected chi connectivity index (χ3v) is 4.55. The maximum absolute atomic E-state index is 11.6. The number of piperidine rings is 1. The second kappa shape index (κ2) is 4.09. The van der Waals surface area contributed by atoms with Crippen LogP contribution in [0.1, 0.15) is 20.8 Å². The molecule has 1 saturated carbocycles. The zero-order valence-corrected chi connectivity index (χ0v) is 12.0. The van der Waals surface area contributed by atoms with Gasteiger partial charge in [0.2, 0.25) is 10.0 Å². The van der Waals surface area contributed by atoms with Crippen LogP contribution in [-0.2, 0) is 14.8 Å². The van der Waals surface area contributed by atoms with Gasteiger partial charge in [0.05, 0.1) is 6.26 Å². The van der Waals surface area contributed by atoms with Gasteiger partial charge in [-0.2, -0.15) is 0 Å². The lowest BCUT2D eigenvalue weighted by molar-refractivity contribution is 0.0516. The van der Waals surface area contributed by atoms with Gasteiger partial charge >= 0.3 is 6.09 Å². The number of rotatable bonds is 2. The third-order valence-electron chi connectivity index (χ3n) is 3.31. The van der Waals surface area contributed by atoms with Crippen LogP contribution in [0.15, 0.2) is 0 Å². The van der Waals surface area contributed by atoms with Crippen LogP contribution in [0.3, 0.4) is 0 Å². The smallest absolute Gasteiger partial charge is 0.407 e. The maximum atomic E-state index is 11.6. The van der Waals surface area contributed by atoms with Crippen molar-refractivity contribution in [2.45, 2.75) is 32.4 Å². The second-order valence-electron chi connectivity index (χ2n) is 6.08. The van der Waals surface area contributed by atoms with Crippen LogP contribution >= 0.6 is 0 Å². The zero-order chi connectivity index (χ0) is 13.7. The van der Waals surface area contributed by atoms with Crippen molar-refractivity contribution < 1.29 is 17.9 Å². The monoisotopic (exact) mass is 276 g/mol. The first-order valence-corrected chi connectivity index (χ1v) is 7.87. The Balaban J connectivity index is 1.80. The molecule has 0 spiro atoms. The fraction of sp³-hybridized carbons (Fsp3) is 0.909. The van der Waals surface area contributed by atoms with Crippen molar-refractivity contribution >= 4 is 16.1 Å². The zero-order valence-electron chi connectivity index (χ0n) is 11.1. The molecule has 7 heteroatoms. The Kier molecular flexibility index (Phi) is 3.09. The summed E-state index contributed by atoms with van der Waals surface area (Å²) in [7, 11) is -3.10. The summed E-state index contributed by atoms with van der Waals surface area (Å²) in [5, 5.41) is 2.80. The highest BCUT2D eigenvalue weighted by Gasteiger charge is 2.58. The summed E-state index contributed by atoms with van der Waals surface area (Å²) >= 11 is 0. The van der Waals surface area contributed by atoms with E-state index in [2.05, 4.69) is 5.32 Å². The van der Waals surface area contributed by atoms with Gasteiger partial charge in [-0.1, -0.05) is 0 Å². The molecular formula is C11H20N2O4S. The summed E-state index contributed by atoms with van der Waals surface area (Å²) in [4.78, 5) is 11.6. The number of nitrogens with zero attached hydrogens (tertiary/aromatic N) is 1. The molecule has 1 aliphatic heterocycles. The number of carbonyl (C=O) groups is 1. The molecule has 0 radical (unpaired) electrons. The molecule has 2 aliphatic rings. The Labute approximate surface area is 108 Å².